The number of carbonyl (C=O) groups excluding carboxylic acids is 1. The molecule has 2 aromatic rings. The van der Waals surface area contributed by atoms with Gasteiger partial charge >= 0.3 is 6.03 Å². The third kappa shape index (κ3) is 4.36. The van der Waals surface area contributed by atoms with Gasteiger partial charge in [-0.3, -0.25) is 4.90 Å². The Morgan fingerprint density at radius 1 is 0.875 bits per heavy atom. The molecule has 0 N–H and O–H groups in total. The number of nitrogens with zero attached hydrogens (tertiary/aromatic N) is 3. The second kappa shape index (κ2) is 7.97. The lowest BCUT2D eigenvalue weighted by atomic mass is 10.2. The van der Waals surface area contributed by atoms with Crippen LogP contribution in [0.25, 0.3) is 0 Å². The summed E-state index contributed by atoms with van der Waals surface area (Å²) in [5.74, 6) is 0. The van der Waals surface area contributed by atoms with E-state index in [1.54, 1.807) is 0 Å². The molecular formula is C20H25N3O. The SMILES string of the molecule is CN(Cc1ccccc1)C(=O)N1CCN(Cc2ccccc2)CC1. The topological polar surface area (TPSA) is 26.8 Å². The summed E-state index contributed by atoms with van der Waals surface area (Å²) in [4.78, 5) is 18.8. The molecule has 1 fully saturated rings. The van der Waals surface area contributed by atoms with E-state index >= 15 is 0 Å². The maximum Gasteiger partial charge on any atom is 0.320 e. The van der Waals surface area contributed by atoms with Gasteiger partial charge in [-0.05, 0) is 11.1 Å². The molecule has 1 saturated heterocycles. The number of hydrogen-bond donors (Lipinski definition) is 0. The molecule has 1 heterocycles. The van der Waals surface area contributed by atoms with Crippen molar-refractivity contribution in [3.8, 4) is 0 Å². The monoisotopic (exact) mass is 323 g/mol. The van der Waals surface area contributed by atoms with E-state index in [-0.39, 0.29) is 6.03 Å². The number of hydrogen-bond acceptors (Lipinski definition) is 2. The van der Waals surface area contributed by atoms with Crippen LogP contribution in [0.2, 0.25) is 0 Å². The first-order valence-electron chi connectivity index (χ1n) is 8.52. The first-order valence-corrected chi connectivity index (χ1v) is 8.52. The van der Waals surface area contributed by atoms with Crippen molar-refractivity contribution in [2.45, 2.75) is 13.1 Å². The van der Waals surface area contributed by atoms with Crippen molar-refractivity contribution < 1.29 is 4.79 Å². The summed E-state index contributed by atoms with van der Waals surface area (Å²) in [5, 5.41) is 0. The predicted octanol–water partition coefficient (Wildman–Crippen LogP) is 3.06. The summed E-state index contributed by atoms with van der Waals surface area (Å²) in [6, 6.07) is 20.8. The highest BCUT2D eigenvalue weighted by Gasteiger charge is 2.23. The smallest absolute Gasteiger partial charge is 0.320 e. The van der Waals surface area contributed by atoms with Gasteiger partial charge in [0.25, 0.3) is 0 Å². The number of rotatable bonds is 4. The van der Waals surface area contributed by atoms with Crippen molar-refractivity contribution in [2.75, 3.05) is 33.2 Å². The fraction of sp³-hybridized carbons (Fsp3) is 0.350. The van der Waals surface area contributed by atoms with Crippen LogP contribution in [-0.2, 0) is 13.1 Å². The van der Waals surface area contributed by atoms with E-state index in [2.05, 4.69) is 41.3 Å². The van der Waals surface area contributed by atoms with E-state index in [1.165, 1.54) is 5.56 Å². The zero-order chi connectivity index (χ0) is 16.8. The molecule has 0 aromatic heterocycles. The van der Waals surface area contributed by atoms with E-state index in [1.807, 2.05) is 41.1 Å². The molecule has 4 nitrogen and oxygen atoms in total. The van der Waals surface area contributed by atoms with Crippen LogP contribution in [0.4, 0.5) is 4.79 Å². The van der Waals surface area contributed by atoms with Crippen LogP contribution in [0.1, 0.15) is 11.1 Å². The second-order valence-electron chi connectivity index (χ2n) is 6.37. The molecule has 0 radical (unpaired) electrons. The quantitative estimate of drug-likeness (QED) is 0.864. The Kier molecular flexibility index (Phi) is 5.49. The van der Waals surface area contributed by atoms with Crippen LogP contribution < -0.4 is 0 Å². The van der Waals surface area contributed by atoms with Crippen LogP contribution in [0, 0.1) is 0 Å². The molecule has 0 aliphatic carbocycles. The molecule has 1 aliphatic rings. The van der Waals surface area contributed by atoms with Crippen molar-refractivity contribution >= 4 is 6.03 Å². The Morgan fingerprint density at radius 3 is 2.00 bits per heavy atom. The number of carbonyl (C=O) groups is 1. The van der Waals surface area contributed by atoms with Crippen molar-refractivity contribution in [3.05, 3.63) is 71.8 Å². The van der Waals surface area contributed by atoms with Crippen LogP contribution in [0.3, 0.4) is 0 Å². The van der Waals surface area contributed by atoms with Crippen molar-refractivity contribution in [1.29, 1.82) is 0 Å². The minimum Gasteiger partial charge on any atom is -0.323 e. The highest BCUT2D eigenvalue weighted by atomic mass is 16.2. The molecule has 0 atom stereocenters. The van der Waals surface area contributed by atoms with Gasteiger partial charge in [-0.1, -0.05) is 60.7 Å². The van der Waals surface area contributed by atoms with Crippen LogP contribution in [0.15, 0.2) is 60.7 Å². The van der Waals surface area contributed by atoms with Crippen molar-refractivity contribution in [2.24, 2.45) is 0 Å². The standard InChI is InChI=1S/C20H25N3O/c1-21(16-18-8-4-2-5-9-18)20(24)23-14-12-22(13-15-23)17-19-10-6-3-7-11-19/h2-11H,12-17H2,1H3. The minimum absolute atomic E-state index is 0.123. The van der Waals surface area contributed by atoms with E-state index in [0.29, 0.717) is 6.54 Å². The first-order chi connectivity index (χ1) is 11.7. The molecule has 24 heavy (non-hydrogen) atoms. The van der Waals surface area contributed by atoms with Gasteiger partial charge in [0.05, 0.1) is 0 Å². The van der Waals surface area contributed by atoms with E-state index < -0.39 is 0 Å². The lowest BCUT2D eigenvalue weighted by Gasteiger charge is -2.36. The van der Waals surface area contributed by atoms with Gasteiger partial charge in [0.1, 0.15) is 0 Å². The minimum atomic E-state index is 0.123. The average molecular weight is 323 g/mol. The van der Waals surface area contributed by atoms with Crippen LogP contribution >= 0.6 is 0 Å². The Labute approximate surface area is 144 Å². The molecule has 0 unspecified atom stereocenters. The predicted molar refractivity (Wildman–Crippen MR) is 96.6 cm³/mol. The molecule has 1 aliphatic heterocycles. The normalized spacial score (nSPS) is 15.3. The number of piperazine rings is 1. The number of urea groups is 1. The van der Waals surface area contributed by atoms with Gasteiger partial charge in [-0.15, -0.1) is 0 Å². The summed E-state index contributed by atoms with van der Waals surface area (Å²) >= 11 is 0. The maximum absolute atomic E-state index is 12.6. The number of amides is 2. The summed E-state index contributed by atoms with van der Waals surface area (Å²) in [6.07, 6.45) is 0. The van der Waals surface area contributed by atoms with Gasteiger partial charge < -0.3 is 9.80 Å². The maximum atomic E-state index is 12.6. The van der Waals surface area contributed by atoms with Gasteiger partial charge in [0.2, 0.25) is 0 Å². The van der Waals surface area contributed by atoms with E-state index in [9.17, 15) is 4.79 Å². The summed E-state index contributed by atoms with van der Waals surface area (Å²) < 4.78 is 0. The van der Waals surface area contributed by atoms with Crippen LogP contribution in [-0.4, -0.2) is 54.0 Å². The van der Waals surface area contributed by atoms with Gasteiger partial charge in [-0.25, -0.2) is 4.79 Å². The largest absolute Gasteiger partial charge is 0.323 e. The third-order valence-corrected chi connectivity index (χ3v) is 4.48. The molecular weight excluding hydrogens is 298 g/mol. The number of benzene rings is 2. The lowest BCUT2D eigenvalue weighted by molar-refractivity contribution is 0.114. The molecule has 0 saturated carbocycles. The lowest BCUT2D eigenvalue weighted by Crippen LogP contribution is -2.51. The fourth-order valence-electron chi connectivity index (χ4n) is 3.11. The second-order valence-corrected chi connectivity index (χ2v) is 6.37. The molecule has 4 heteroatoms. The Balaban J connectivity index is 1.48. The summed E-state index contributed by atoms with van der Waals surface area (Å²) in [5.41, 5.74) is 2.49. The van der Waals surface area contributed by atoms with Gasteiger partial charge in [0, 0.05) is 46.3 Å². The molecule has 3 rings (SSSR count). The Bertz CT molecular complexity index is 636. The highest BCUT2D eigenvalue weighted by Crippen LogP contribution is 2.11. The van der Waals surface area contributed by atoms with Gasteiger partial charge in [0.15, 0.2) is 0 Å². The van der Waals surface area contributed by atoms with Gasteiger partial charge in [-0.2, -0.15) is 0 Å². The average Bonchev–Trinajstić information content (AvgIpc) is 2.63. The molecule has 0 bridgehead atoms. The Hall–Kier alpha value is -2.33. The summed E-state index contributed by atoms with van der Waals surface area (Å²) in [6.45, 7) is 5.07. The third-order valence-electron chi connectivity index (χ3n) is 4.48. The Morgan fingerprint density at radius 2 is 1.42 bits per heavy atom. The molecule has 2 aromatic carbocycles. The molecule has 126 valence electrons. The van der Waals surface area contributed by atoms with Crippen molar-refractivity contribution in [3.63, 3.8) is 0 Å². The highest BCUT2D eigenvalue weighted by molar-refractivity contribution is 5.74. The molecule has 2 amide bonds. The zero-order valence-corrected chi connectivity index (χ0v) is 14.3. The van der Waals surface area contributed by atoms with E-state index in [0.717, 1.165) is 38.3 Å². The fourth-order valence-corrected chi connectivity index (χ4v) is 3.11. The van der Waals surface area contributed by atoms with E-state index in [4.69, 9.17) is 0 Å². The first kappa shape index (κ1) is 16.5. The zero-order valence-electron chi connectivity index (χ0n) is 14.3. The summed E-state index contributed by atoms with van der Waals surface area (Å²) in [7, 11) is 1.88. The van der Waals surface area contributed by atoms with Crippen LogP contribution in [0.5, 0.6) is 0 Å². The van der Waals surface area contributed by atoms with Crippen molar-refractivity contribution in [1.82, 2.24) is 14.7 Å². The molecule has 0 spiro atoms.